The molecule has 1 aliphatic rings. The van der Waals surface area contributed by atoms with Crippen LogP contribution in [0.1, 0.15) is 32.4 Å². The van der Waals surface area contributed by atoms with E-state index in [1.54, 1.807) is 44.4 Å². The maximum absolute atomic E-state index is 14.9. The van der Waals surface area contributed by atoms with Crippen molar-refractivity contribution in [3.8, 4) is 5.75 Å². The third kappa shape index (κ3) is 4.86. The third-order valence-corrected chi connectivity index (χ3v) is 5.20. The fraction of sp³-hybridized carbons (Fsp3) is 0.391. The predicted molar refractivity (Wildman–Crippen MR) is 116 cm³/mol. The van der Waals surface area contributed by atoms with Gasteiger partial charge in [0, 0.05) is 28.7 Å². The predicted octanol–water partition coefficient (Wildman–Crippen LogP) is 4.17. The lowest BCUT2D eigenvalue weighted by atomic mass is 10.1. The molecule has 0 unspecified atom stereocenters. The summed E-state index contributed by atoms with van der Waals surface area (Å²) in [6.45, 7) is 6.11. The van der Waals surface area contributed by atoms with Crippen LogP contribution in [0.25, 0.3) is 10.9 Å². The Hall–Kier alpha value is -2.77. The van der Waals surface area contributed by atoms with Gasteiger partial charge in [0.1, 0.15) is 18.1 Å². The van der Waals surface area contributed by atoms with Crippen molar-refractivity contribution in [1.29, 1.82) is 0 Å². The van der Waals surface area contributed by atoms with Crippen LogP contribution in [-0.2, 0) is 9.47 Å². The van der Waals surface area contributed by atoms with Crippen molar-refractivity contribution in [2.75, 3.05) is 20.3 Å². The van der Waals surface area contributed by atoms with E-state index in [4.69, 9.17) is 25.7 Å². The van der Waals surface area contributed by atoms with Crippen LogP contribution >= 0.6 is 0 Å². The van der Waals surface area contributed by atoms with Crippen molar-refractivity contribution < 1.29 is 18.6 Å². The highest BCUT2D eigenvalue weighted by atomic mass is 19.1. The van der Waals surface area contributed by atoms with Crippen molar-refractivity contribution in [3.63, 3.8) is 0 Å². The minimum absolute atomic E-state index is 0.128. The first-order valence-electron chi connectivity index (χ1n) is 9.99. The minimum atomic E-state index is -0.424. The van der Waals surface area contributed by atoms with Gasteiger partial charge in [0.05, 0.1) is 12.6 Å². The number of benzene rings is 1. The standard InChI is InChI=1S/C23H30FN3O3/c1-5-19(30-20-7-6-18-17(22(20)24)10-14(2)27-18)16(12-25)11-21(28-4)15(3)29-13-23(26)8-9-23/h5-7,10-11,27H,8-9,12-13,25-26H2,1-4H3/b16-11+,19-5+,21-15-. The smallest absolute Gasteiger partial charge is 0.175 e. The number of ether oxygens (including phenoxy) is 3. The second kappa shape index (κ2) is 8.93. The van der Waals surface area contributed by atoms with Crippen molar-refractivity contribution in [2.24, 2.45) is 11.5 Å². The molecule has 0 radical (unpaired) electrons. The van der Waals surface area contributed by atoms with E-state index in [9.17, 15) is 4.39 Å². The van der Waals surface area contributed by atoms with E-state index in [-0.39, 0.29) is 17.8 Å². The van der Waals surface area contributed by atoms with Crippen molar-refractivity contribution in [2.45, 2.75) is 39.2 Å². The fourth-order valence-electron chi connectivity index (χ4n) is 3.12. The van der Waals surface area contributed by atoms with E-state index in [1.165, 1.54) is 0 Å². The molecule has 0 amide bonds. The van der Waals surface area contributed by atoms with Gasteiger partial charge in [-0.15, -0.1) is 0 Å². The molecular weight excluding hydrogens is 385 g/mol. The Morgan fingerprint density at radius 2 is 2.07 bits per heavy atom. The van der Waals surface area contributed by atoms with Crippen LogP contribution in [0, 0.1) is 12.7 Å². The van der Waals surface area contributed by atoms with E-state index in [0.717, 1.165) is 24.1 Å². The molecule has 5 N–H and O–H groups in total. The number of aromatic nitrogens is 1. The summed E-state index contributed by atoms with van der Waals surface area (Å²) in [7, 11) is 1.56. The summed E-state index contributed by atoms with van der Waals surface area (Å²) in [5.41, 5.74) is 14.1. The first-order valence-corrected chi connectivity index (χ1v) is 9.99. The quantitative estimate of drug-likeness (QED) is 0.422. The number of nitrogens with two attached hydrogens (primary N) is 2. The van der Waals surface area contributed by atoms with Crippen molar-refractivity contribution >= 4 is 10.9 Å². The molecule has 3 rings (SSSR count). The Labute approximate surface area is 176 Å². The molecule has 1 saturated carbocycles. The molecule has 1 aromatic carbocycles. The highest BCUT2D eigenvalue weighted by Gasteiger charge is 2.39. The topological polar surface area (TPSA) is 95.5 Å². The highest BCUT2D eigenvalue weighted by molar-refractivity contribution is 5.82. The molecule has 1 fully saturated rings. The molecule has 0 spiro atoms. The summed E-state index contributed by atoms with van der Waals surface area (Å²) in [6, 6.07) is 5.14. The first-order chi connectivity index (χ1) is 14.3. The van der Waals surface area contributed by atoms with Crippen LogP contribution in [0.4, 0.5) is 4.39 Å². The van der Waals surface area contributed by atoms with Crippen LogP contribution in [0.2, 0.25) is 0 Å². The SMILES string of the molecule is C\C=C(Oc1ccc2[nH]c(C)cc2c1F)/C(=C/C(OC)=C(\C)OCC1(N)CC1)CN. The van der Waals surface area contributed by atoms with Crippen molar-refractivity contribution in [1.82, 2.24) is 4.98 Å². The molecule has 0 atom stereocenters. The summed E-state index contributed by atoms with van der Waals surface area (Å²) < 4.78 is 32.1. The van der Waals surface area contributed by atoms with Gasteiger partial charge in [-0.2, -0.15) is 0 Å². The van der Waals surface area contributed by atoms with Crippen LogP contribution in [-0.4, -0.2) is 30.8 Å². The molecule has 30 heavy (non-hydrogen) atoms. The zero-order chi connectivity index (χ0) is 21.9. The zero-order valence-electron chi connectivity index (χ0n) is 18.0. The van der Waals surface area contributed by atoms with E-state index < -0.39 is 5.82 Å². The van der Waals surface area contributed by atoms with Crippen LogP contribution in [0.3, 0.4) is 0 Å². The Balaban J connectivity index is 1.85. The number of H-pyrrole nitrogens is 1. The summed E-state index contributed by atoms with van der Waals surface area (Å²) >= 11 is 0. The summed E-state index contributed by atoms with van der Waals surface area (Å²) in [5, 5.41) is 0.483. The second-order valence-electron chi connectivity index (χ2n) is 7.70. The lowest BCUT2D eigenvalue weighted by Crippen LogP contribution is -2.28. The fourth-order valence-corrected chi connectivity index (χ4v) is 3.12. The summed E-state index contributed by atoms with van der Waals surface area (Å²) in [4.78, 5) is 3.11. The van der Waals surface area contributed by atoms with Gasteiger partial charge in [0.2, 0.25) is 0 Å². The molecule has 0 aliphatic heterocycles. The maximum Gasteiger partial charge on any atom is 0.175 e. The van der Waals surface area contributed by atoms with E-state index in [0.29, 0.717) is 34.8 Å². The largest absolute Gasteiger partial charge is 0.493 e. The van der Waals surface area contributed by atoms with Gasteiger partial charge in [-0.05, 0) is 64.0 Å². The molecule has 1 aliphatic carbocycles. The number of aryl methyl sites for hydroxylation is 1. The number of methoxy groups -OCH3 is 1. The Morgan fingerprint density at radius 3 is 2.67 bits per heavy atom. The number of hydrogen-bond acceptors (Lipinski definition) is 5. The molecule has 1 aromatic heterocycles. The number of aromatic amines is 1. The normalized spacial score (nSPS) is 17.0. The second-order valence-corrected chi connectivity index (χ2v) is 7.70. The lowest BCUT2D eigenvalue weighted by molar-refractivity contribution is 0.164. The summed E-state index contributed by atoms with van der Waals surface area (Å²) in [6.07, 6.45) is 5.41. The number of allylic oxidation sites excluding steroid dienone is 3. The van der Waals surface area contributed by atoms with Gasteiger partial charge in [0.25, 0.3) is 0 Å². The molecule has 162 valence electrons. The Bertz CT molecular complexity index is 1020. The molecule has 7 heteroatoms. The molecule has 2 aromatic rings. The molecular formula is C23H30FN3O3. The average molecular weight is 416 g/mol. The number of nitrogens with one attached hydrogen (secondary N) is 1. The molecule has 0 saturated heterocycles. The summed E-state index contributed by atoms with van der Waals surface area (Å²) in [5.74, 6) is 1.27. The van der Waals surface area contributed by atoms with E-state index >= 15 is 0 Å². The monoisotopic (exact) mass is 415 g/mol. The van der Waals surface area contributed by atoms with E-state index in [1.807, 2.05) is 13.8 Å². The van der Waals surface area contributed by atoms with Crippen LogP contribution in [0.15, 0.2) is 53.2 Å². The zero-order valence-corrected chi connectivity index (χ0v) is 18.0. The molecule has 6 nitrogen and oxygen atoms in total. The van der Waals surface area contributed by atoms with Gasteiger partial charge in [0.15, 0.2) is 17.3 Å². The lowest BCUT2D eigenvalue weighted by Gasteiger charge is -2.16. The maximum atomic E-state index is 14.9. The van der Waals surface area contributed by atoms with Crippen LogP contribution in [0.5, 0.6) is 5.75 Å². The van der Waals surface area contributed by atoms with Gasteiger partial charge >= 0.3 is 0 Å². The van der Waals surface area contributed by atoms with Crippen molar-refractivity contribution in [3.05, 3.63) is 64.7 Å². The van der Waals surface area contributed by atoms with Crippen LogP contribution < -0.4 is 16.2 Å². The first kappa shape index (κ1) is 21.9. The van der Waals surface area contributed by atoms with Gasteiger partial charge in [-0.1, -0.05) is 0 Å². The molecule has 1 heterocycles. The Morgan fingerprint density at radius 1 is 1.33 bits per heavy atom. The van der Waals surface area contributed by atoms with Gasteiger partial charge < -0.3 is 30.7 Å². The minimum Gasteiger partial charge on any atom is -0.493 e. The number of hydrogen-bond donors (Lipinski definition) is 3. The average Bonchev–Trinajstić information content (AvgIpc) is 3.34. The number of halogens is 1. The third-order valence-electron chi connectivity index (χ3n) is 5.20. The van der Waals surface area contributed by atoms with Gasteiger partial charge in [-0.25, -0.2) is 4.39 Å². The number of fused-ring (bicyclic) bond motifs is 1. The number of rotatable bonds is 9. The highest BCUT2D eigenvalue weighted by Crippen LogP contribution is 2.33. The Kier molecular flexibility index (Phi) is 6.53. The molecule has 0 bridgehead atoms. The van der Waals surface area contributed by atoms with E-state index in [2.05, 4.69) is 4.98 Å². The van der Waals surface area contributed by atoms with Gasteiger partial charge in [-0.3, -0.25) is 0 Å².